The minimum Gasteiger partial charge on any atom is -0.482 e. The molecule has 35 heavy (non-hydrogen) atoms. The second-order valence-corrected chi connectivity index (χ2v) is 8.83. The minimum absolute atomic E-state index is 0.125. The average molecular weight is 523 g/mol. The van der Waals surface area contributed by atoms with Crippen molar-refractivity contribution in [2.75, 3.05) is 6.61 Å². The van der Waals surface area contributed by atoms with Gasteiger partial charge in [-0.25, -0.2) is 9.59 Å². The van der Waals surface area contributed by atoms with E-state index in [1.54, 1.807) is 30.3 Å². The second-order valence-electron chi connectivity index (χ2n) is 7.12. The van der Waals surface area contributed by atoms with Crippen LogP contribution in [-0.4, -0.2) is 56.4 Å². The van der Waals surface area contributed by atoms with Crippen LogP contribution in [0.1, 0.15) is 12.5 Å². The van der Waals surface area contributed by atoms with Gasteiger partial charge in [0.1, 0.15) is 17.7 Å². The van der Waals surface area contributed by atoms with Gasteiger partial charge in [-0.2, -0.15) is 0 Å². The van der Waals surface area contributed by atoms with Crippen molar-refractivity contribution in [3.8, 4) is 5.75 Å². The lowest BCUT2D eigenvalue weighted by Gasteiger charge is -2.46. The summed E-state index contributed by atoms with van der Waals surface area (Å²) in [5, 5.41) is 9.29. The third-order valence-corrected chi connectivity index (χ3v) is 6.08. The van der Waals surface area contributed by atoms with Crippen molar-refractivity contribution in [2.24, 2.45) is 0 Å². The van der Waals surface area contributed by atoms with Crippen molar-refractivity contribution in [1.82, 2.24) is 4.90 Å². The van der Waals surface area contributed by atoms with Crippen LogP contribution in [0.4, 0.5) is 5.69 Å². The van der Waals surface area contributed by atoms with Crippen molar-refractivity contribution in [3.63, 3.8) is 0 Å². The van der Waals surface area contributed by atoms with Crippen molar-refractivity contribution >= 4 is 52.0 Å². The molecule has 1 unspecified atom stereocenters. The van der Waals surface area contributed by atoms with Crippen LogP contribution in [0.15, 0.2) is 54.6 Å². The van der Waals surface area contributed by atoms with Crippen LogP contribution in [0.3, 0.4) is 0 Å². The molecule has 3 rings (SSSR count). The number of nitro benzene ring substituents is 1. The van der Waals surface area contributed by atoms with Gasteiger partial charge in [-0.1, -0.05) is 41.6 Å². The molecule has 1 amide bonds. The van der Waals surface area contributed by atoms with E-state index in [0.29, 0.717) is 23.1 Å². The lowest BCUT2D eigenvalue weighted by atomic mass is 10.1. The topological polar surface area (TPSA) is 142 Å². The van der Waals surface area contributed by atoms with Gasteiger partial charge in [0.15, 0.2) is 11.7 Å². The number of carbonyl (C=O) groups excluding carboxylic acids is 4. The fraction of sp³-hybridized carbons (Fsp3) is 0.273. The number of hydrogen-bond donors (Lipinski definition) is 0. The summed E-state index contributed by atoms with van der Waals surface area (Å²) in [5.74, 6) is -2.17. The Morgan fingerprint density at radius 3 is 2.40 bits per heavy atom. The van der Waals surface area contributed by atoms with Gasteiger partial charge in [0, 0.05) is 19.1 Å². The van der Waals surface area contributed by atoms with Crippen LogP contribution in [0.25, 0.3) is 0 Å². The van der Waals surface area contributed by atoms with E-state index in [9.17, 15) is 29.3 Å². The molecule has 0 saturated carbocycles. The molecule has 0 aliphatic carbocycles. The molecule has 1 fully saturated rings. The highest BCUT2D eigenvalue weighted by Crippen LogP contribution is 2.36. The highest BCUT2D eigenvalue weighted by Gasteiger charge is 2.55. The molecule has 13 heteroatoms. The standard InChI is InChI=1S/C22H19ClN2O9S/c1-13(26)35-21-18(34-17(27)12-32-16-5-3-2-4-6-16)20(28)24(21)19(23)22(29)33-11-14-7-9-15(10-8-14)25(30)31/h2-10,18-19,21H,11-12H2,1H3/t18-,19?,21+/m0/s1. The van der Waals surface area contributed by atoms with Crippen molar-refractivity contribution < 1.29 is 38.3 Å². The number of amides is 1. The number of carbonyl (C=O) groups is 4. The minimum atomic E-state index is -1.59. The van der Waals surface area contributed by atoms with Gasteiger partial charge < -0.3 is 14.2 Å². The highest BCUT2D eigenvalue weighted by atomic mass is 35.5. The van der Waals surface area contributed by atoms with Crippen molar-refractivity contribution in [3.05, 3.63) is 70.3 Å². The summed E-state index contributed by atoms with van der Waals surface area (Å²) in [6.45, 7) is 0.536. The zero-order valence-electron chi connectivity index (χ0n) is 18.2. The largest absolute Gasteiger partial charge is 0.482 e. The molecular weight excluding hydrogens is 504 g/mol. The van der Waals surface area contributed by atoms with Crippen LogP contribution in [0, 0.1) is 10.1 Å². The quantitative estimate of drug-likeness (QED) is 0.114. The van der Waals surface area contributed by atoms with Gasteiger partial charge in [0.25, 0.3) is 11.6 Å². The summed E-state index contributed by atoms with van der Waals surface area (Å²) < 4.78 is 15.5. The number of benzene rings is 2. The molecule has 1 aliphatic rings. The maximum atomic E-state index is 12.6. The molecule has 2 aromatic rings. The predicted octanol–water partition coefficient (Wildman–Crippen LogP) is 2.64. The summed E-state index contributed by atoms with van der Waals surface area (Å²) in [7, 11) is 0. The number of β-lactam (4-membered cyclic amide) rings is 1. The Balaban J connectivity index is 1.57. The smallest absolute Gasteiger partial charge is 0.345 e. The Bertz CT molecular complexity index is 1110. The number of ether oxygens (including phenoxy) is 3. The number of esters is 2. The fourth-order valence-corrected chi connectivity index (χ4v) is 4.30. The normalized spacial score (nSPS) is 17.7. The second kappa shape index (κ2) is 11.7. The number of para-hydroxylation sites is 1. The van der Waals surface area contributed by atoms with Gasteiger partial charge >= 0.3 is 11.9 Å². The number of alkyl halides is 1. The van der Waals surface area contributed by atoms with E-state index in [-0.39, 0.29) is 12.3 Å². The highest BCUT2D eigenvalue weighted by molar-refractivity contribution is 8.14. The van der Waals surface area contributed by atoms with Gasteiger partial charge in [-0.15, -0.1) is 0 Å². The van der Waals surface area contributed by atoms with Crippen LogP contribution in [0.2, 0.25) is 0 Å². The summed E-state index contributed by atoms with van der Waals surface area (Å²) in [5.41, 5.74) is -1.25. The number of thioether (sulfide) groups is 1. The number of nitro groups is 1. The van der Waals surface area contributed by atoms with Gasteiger partial charge in [0.05, 0.1) is 4.92 Å². The summed E-state index contributed by atoms with van der Waals surface area (Å²) >= 11 is 6.81. The Morgan fingerprint density at radius 2 is 1.80 bits per heavy atom. The molecule has 1 heterocycles. The third-order valence-electron chi connectivity index (χ3n) is 4.64. The molecule has 0 bridgehead atoms. The molecule has 2 aromatic carbocycles. The lowest BCUT2D eigenvalue weighted by Crippen LogP contribution is -2.68. The van der Waals surface area contributed by atoms with E-state index in [0.717, 1.165) is 4.90 Å². The van der Waals surface area contributed by atoms with Gasteiger partial charge in [0.2, 0.25) is 11.6 Å². The van der Waals surface area contributed by atoms with Crippen molar-refractivity contribution in [1.29, 1.82) is 0 Å². The van der Waals surface area contributed by atoms with E-state index in [4.69, 9.17) is 25.8 Å². The molecule has 0 spiro atoms. The first-order valence-corrected chi connectivity index (χ1v) is 11.4. The van der Waals surface area contributed by atoms with E-state index >= 15 is 0 Å². The molecule has 1 aliphatic heterocycles. The number of non-ortho nitro benzene ring substituents is 1. The first-order chi connectivity index (χ1) is 16.7. The molecule has 3 atom stereocenters. The predicted molar refractivity (Wildman–Crippen MR) is 123 cm³/mol. The molecule has 0 radical (unpaired) electrons. The molecule has 11 nitrogen and oxygen atoms in total. The van der Waals surface area contributed by atoms with Crippen LogP contribution in [0.5, 0.6) is 5.75 Å². The van der Waals surface area contributed by atoms with E-state index in [1.807, 2.05) is 0 Å². The van der Waals surface area contributed by atoms with Gasteiger partial charge in [-0.05, 0) is 29.8 Å². The van der Waals surface area contributed by atoms with E-state index in [1.165, 1.54) is 31.2 Å². The maximum Gasteiger partial charge on any atom is 0.345 e. The van der Waals surface area contributed by atoms with Crippen LogP contribution in [-0.2, 0) is 35.3 Å². The Labute approximate surface area is 208 Å². The summed E-state index contributed by atoms with van der Waals surface area (Å²) in [6, 6.07) is 13.8. The third kappa shape index (κ3) is 6.70. The first kappa shape index (κ1) is 26.0. The fourth-order valence-electron chi connectivity index (χ4n) is 2.98. The molecule has 1 saturated heterocycles. The van der Waals surface area contributed by atoms with Crippen molar-refractivity contribution in [2.45, 2.75) is 30.5 Å². The zero-order valence-corrected chi connectivity index (χ0v) is 19.8. The average Bonchev–Trinajstić information content (AvgIpc) is 2.84. The Hall–Kier alpha value is -3.64. The summed E-state index contributed by atoms with van der Waals surface area (Å²) in [6.07, 6.45) is -1.33. The van der Waals surface area contributed by atoms with E-state index < -0.39 is 51.5 Å². The van der Waals surface area contributed by atoms with Crippen LogP contribution >= 0.6 is 23.4 Å². The Kier molecular flexibility index (Phi) is 8.66. The SMILES string of the molecule is CC(=O)S[C@@H]1[C@@H](OC(=O)COc2ccccc2)C(=O)N1C(Cl)C(=O)OCc1ccc([N+](=O)[O-])cc1. The van der Waals surface area contributed by atoms with Gasteiger partial charge in [-0.3, -0.25) is 24.6 Å². The number of likely N-dealkylation sites (tertiary alicyclic amines) is 1. The maximum absolute atomic E-state index is 12.6. The molecule has 184 valence electrons. The number of nitrogens with zero attached hydrogens (tertiary/aromatic N) is 2. The molecule has 0 aromatic heterocycles. The molecule has 0 N–H and O–H groups in total. The number of rotatable bonds is 10. The first-order valence-electron chi connectivity index (χ1n) is 10.1. The molecular formula is C22H19ClN2O9S. The monoisotopic (exact) mass is 522 g/mol. The number of hydrogen-bond acceptors (Lipinski definition) is 10. The summed E-state index contributed by atoms with van der Waals surface area (Å²) in [4.78, 5) is 59.9. The van der Waals surface area contributed by atoms with Crippen LogP contribution < -0.4 is 4.74 Å². The van der Waals surface area contributed by atoms with E-state index in [2.05, 4.69) is 0 Å². The Morgan fingerprint density at radius 1 is 1.14 bits per heavy atom. The lowest BCUT2D eigenvalue weighted by molar-refractivity contribution is -0.384. The zero-order chi connectivity index (χ0) is 25.5. The number of halogens is 1.